The summed E-state index contributed by atoms with van der Waals surface area (Å²) in [5, 5.41) is 0. The van der Waals surface area contributed by atoms with Crippen molar-refractivity contribution in [3.05, 3.63) is 23.3 Å². The van der Waals surface area contributed by atoms with E-state index in [0.29, 0.717) is 0 Å². The number of allylic oxidation sites excluding steroid dienone is 4. The Morgan fingerprint density at radius 3 is 1.07 bits per heavy atom. The number of esters is 4. The zero-order chi connectivity index (χ0) is 31.7. The zero-order valence-corrected chi connectivity index (χ0v) is 27.4. The molecule has 0 aliphatic heterocycles. The minimum Gasteiger partial charge on any atom is -0.468 e. The first kappa shape index (κ1) is 30.8. The third-order valence-corrected chi connectivity index (χ3v) is 12.4. The van der Waals surface area contributed by atoms with Gasteiger partial charge >= 0.3 is 23.9 Å². The number of hydrogen-bond acceptors (Lipinski definition) is 8. The maximum atomic E-state index is 13.6. The van der Waals surface area contributed by atoms with Gasteiger partial charge in [-0.3, -0.25) is 19.2 Å². The number of rotatable bonds is 4. The second-order valence-electron chi connectivity index (χ2n) is 16.1. The van der Waals surface area contributed by atoms with E-state index in [1.54, 1.807) is 0 Å². The molecule has 0 heterocycles. The maximum Gasteiger partial charge on any atom is 0.323 e. The largest absolute Gasteiger partial charge is 0.468 e. The van der Waals surface area contributed by atoms with Crippen LogP contribution in [0.15, 0.2) is 23.3 Å². The number of methoxy groups -OCH3 is 4. The SMILES string of the molecule is COC(=O)C1(C(=O)OC)C[C@@H]2/C(=C\C(C)(C)C)[C@@]3(C)[C@]4(C)/C(=C/C(C)(C)C)[C@H]5CC(C(=O)OC)(C(=O)OC)C[C@]54[C@@]23C1. The Labute approximate surface area is 249 Å². The van der Waals surface area contributed by atoms with Crippen LogP contribution in [0.4, 0.5) is 0 Å². The molecule has 5 fully saturated rings. The third kappa shape index (κ3) is 2.95. The number of fused-ring (bicyclic) bond motifs is 1. The average Bonchev–Trinajstić information content (AvgIpc) is 3.46. The van der Waals surface area contributed by atoms with Crippen LogP contribution in [0, 0.1) is 55.2 Å². The van der Waals surface area contributed by atoms with E-state index in [1.807, 2.05) is 0 Å². The molecule has 0 radical (unpaired) electrons. The molecule has 42 heavy (non-hydrogen) atoms. The molecule has 8 nitrogen and oxygen atoms in total. The van der Waals surface area contributed by atoms with Gasteiger partial charge in [0.05, 0.1) is 28.4 Å². The summed E-state index contributed by atoms with van der Waals surface area (Å²) >= 11 is 0. The van der Waals surface area contributed by atoms with Gasteiger partial charge in [0.25, 0.3) is 0 Å². The second-order valence-corrected chi connectivity index (χ2v) is 16.1. The summed E-state index contributed by atoms with van der Waals surface area (Å²) in [7, 11) is 5.24. The fourth-order valence-corrected chi connectivity index (χ4v) is 11.5. The molecule has 5 saturated carbocycles. The van der Waals surface area contributed by atoms with E-state index in [9.17, 15) is 19.2 Å². The molecule has 5 aliphatic carbocycles. The number of carbonyl (C=O) groups excluding carboxylic acids is 4. The molecule has 5 rings (SSSR count). The normalized spacial score (nSPS) is 40.3. The first-order chi connectivity index (χ1) is 19.2. The van der Waals surface area contributed by atoms with Crippen LogP contribution in [0.3, 0.4) is 0 Å². The van der Waals surface area contributed by atoms with Gasteiger partial charge in [0, 0.05) is 10.8 Å². The van der Waals surface area contributed by atoms with Gasteiger partial charge in [-0.15, -0.1) is 0 Å². The molecule has 5 aliphatic rings. The van der Waals surface area contributed by atoms with Crippen LogP contribution in [-0.2, 0) is 38.1 Å². The number of hydrogen-bond donors (Lipinski definition) is 0. The van der Waals surface area contributed by atoms with E-state index >= 15 is 0 Å². The van der Waals surface area contributed by atoms with Crippen molar-refractivity contribution < 1.29 is 38.1 Å². The fourth-order valence-electron chi connectivity index (χ4n) is 11.5. The Morgan fingerprint density at radius 2 is 0.857 bits per heavy atom. The number of carbonyl (C=O) groups is 4. The smallest absolute Gasteiger partial charge is 0.323 e. The van der Waals surface area contributed by atoms with E-state index in [2.05, 4.69) is 67.5 Å². The van der Waals surface area contributed by atoms with Gasteiger partial charge in [-0.05, 0) is 59.2 Å². The lowest BCUT2D eigenvalue weighted by Gasteiger charge is -2.95. The molecule has 0 amide bonds. The minimum absolute atomic E-state index is 0.113. The van der Waals surface area contributed by atoms with Gasteiger partial charge in [-0.2, -0.15) is 0 Å². The standard InChI is InChI=1S/C34H48O8/c1-27(2,3)13-19-21-15-31(23(35)39-9,24(36)40-10)17-33(21)29(19,7)30(8)20(14-28(4,5)6)22-16-32(25(37)41-11,26(38)42-12)18-34(22,30)33/h13-14,21-22H,15-18H2,1-12H3/b19-13+,20-14+/t21-,22-,29+,30+,33+,34+/m1/s1. The molecule has 6 atom stereocenters. The highest BCUT2D eigenvalue weighted by atomic mass is 16.6. The van der Waals surface area contributed by atoms with E-state index in [4.69, 9.17) is 18.9 Å². The van der Waals surface area contributed by atoms with E-state index in [1.165, 1.54) is 39.6 Å². The molecule has 0 N–H and O–H groups in total. The molecule has 0 aromatic carbocycles. The lowest BCUT2D eigenvalue weighted by Crippen LogP contribution is -2.91. The van der Waals surface area contributed by atoms with Crippen LogP contribution >= 0.6 is 0 Å². The Balaban J connectivity index is 1.84. The minimum atomic E-state index is -1.48. The average molecular weight is 585 g/mol. The van der Waals surface area contributed by atoms with Crippen molar-refractivity contribution in [2.45, 2.75) is 81.1 Å². The highest BCUT2D eigenvalue weighted by Crippen LogP contribution is 3.05. The van der Waals surface area contributed by atoms with E-state index < -0.39 is 56.4 Å². The van der Waals surface area contributed by atoms with Crippen molar-refractivity contribution >= 4 is 23.9 Å². The summed E-state index contributed by atoms with van der Waals surface area (Å²) in [6.45, 7) is 17.5. The lowest BCUT2D eigenvalue weighted by molar-refractivity contribution is -0.409. The Kier molecular flexibility index (Phi) is 6.24. The number of ether oxygens (including phenoxy) is 4. The molecular weight excluding hydrogens is 536 g/mol. The molecule has 0 aromatic heterocycles. The van der Waals surface area contributed by atoms with Crippen LogP contribution in [0.1, 0.15) is 81.1 Å². The van der Waals surface area contributed by atoms with E-state index in [0.717, 1.165) is 0 Å². The second kappa shape index (κ2) is 8.50. The third-order valence-electron chi connectivity index (χ3n) is 12.4. The van der Waals surface area contributed by atoms with Gasteiger partial charge in [-0.1, -0.05) is 78.7 Å². The predicted octanol–water partition coefficient (Wildman–Crippen LogP) is 5.44. The molecule has 8 heteroatoms. The van der Waals surface area contributed by atoms with Gasteiger partial charge in [-0.25, -0.2) is 0 Å². The summed E-state index contributed by atoms with van der Waals surface area (Å²) in [5.74, 6) is -2.59. The lowest BCUT2D eigenvalue weighted by atomic mass is 9.07. The Hall–Kier alpha value is -2.64. The topological polar surface area (TPSA) is 105 Å². The van der Waals surface area contributed by atoms with Crippen LogP contribution in [0.25, 0.3) is 0 Å². The molecule has 0 aromatic rings. The summed E-state index contributed by atoms with van der Waals surface area (Å²) < 4.78 is 21.2. The highest BCUT2D eigenvalue weighted by Gasteiger charge is 3.02. The van der Waals surface area contributed by atoms with Crippen molar-refractivity contribution in [3.63, 3.8) is 0 Å². The molecule has 0 unspecified atom stereocenters. The highest BCUT2D eigenvalue weighted by molar-refractivity contribution is 6.03. The predicted molar refractivity (Wildman–Crippen MR) is 155 cm³/mol. The van der Waals surface area contributed by atoms with Gasteiger partial charge in [0.1, 0.15) is 0 Å². The van der Waals surface area contributed by atoms with Crippen LogP contribution in [0.2, 0.25) is 0 Å². The molecule has 2 spiro atoms. The van der Waals surface area contributed by atoms with Crippen LogP contribution < -0.4 is 0 Å². The van der Waals surface area contributed by atoms with Crippen molar-refractivity contribution in [1.29, 1.82) is 0 Å². The monoisotopic (exact) mass is 584 g/mol. The quantitative estimate of drug-likeness (QED) is 0.186. The zero-order valence-electron chi connectivity index (χ0n) is 27.4. The van der Waals surface area contributed by atoms with Crippen molar-refractivity contribution in [1.82, 2.24) is 0 Å². The fraction of sp³-hybridized carbons (Fsp3) is 0.765. The molecule has 0 saturated heterocycles. The van der Waals surface area contributed by atoms with Gasteiger partial charge in [0.2, 0.25) is 0 Å². The van der Waals surface area contributed by atoms with Gasteiger partial charge < -0.3 is 18.9 Å². The summed E-state index contributed by atoms with van der Waals surface area (Å²) in [5.41, 5.74) is -2.71. The van der Waals surface area contributed by atoms with Crippen LogP contribution in [0.5, 0.6) is 0 Å². The van der Waals surface area contributed by atoms with Crippen molar-refractivity contribution in [2.24, 2.45) is 55.2 Å². The van der Waals surface area contributed by atoms with Gasteiger partial charge in [0.15, 0.2) is 10.8 Å². The summed E-state index contributed by atoms with van der Waals surface area (Å²) in [4.78, 5) is 54.3. The first-order valence-corrected chi connectivity index (χ1v) is 15.0. The Bertz CT molecular complexity index is 1210. The van der Waals surface area contributed by atoms with E-state index in [-0.39, 0.29) is 48.3 Å². The molecule has 0 bridgehead atoms. The first-order valence-electron chi connectivity index (χ1n) is 15.0. The Morgan fingerprint density at radius 1 is 0.595 bits per heavy atom. The van der Waals surface area contributed by atoms with Crippen LogP contribution in [-0.4, -0.2) is 52.3 Å². The van der Waals surface area contributed by atoms with Crippen molar-refractivity contribution in [2.75, 3.05) is 28.4 Å². The maximum absolute atomic E-state index is 13.6. The summed E-state index contributed by atoms with van der Waals surface area (Å²) in [6.07, 6.45) is 5.68. The summed E-state index contributed by atoms with van der Waals surface area (Å²) in [6, 6.07) is 0. The molecule has 232 valence electrons. The van der Waals surface area contributed by atoms with Crippen molar-refractivity contribution in [3.8, 4) is 0 Å². The molecular formula is C34H48O8.